The summed E-state index contributed by atoms with van der Waals surface area (Å²) in [5, 5.41) is 5.27. The van der Waals surface area contributed by atoms with Gasteiger partial charge in [-0.25, -0.2) is 0 Å². The van der Waals surface area contributed by atoms with Crippen LogP contribution in [0.2, 0.25) is 0 Å². The van der Waals surface area contributed by atoms with Gasteiger partial charge in [-0.3, -0.25) is 9.65 Å². The lowest BCUT2D eigenvalue weighted by Gasteiger charge is -2.28. The monoisotopic (exact) mass is 363 g/mol. The van der Waals surface area contributed by atoms with Crippen LogP contribution < -0.4 is 15.7 Å². The van der Waals surface area contributed by atoms with Crippen molar-refractivity contribution in [3.63, 3.8) is 0 Å². The second-order valence-corrected chi connectivity index (χ2v) is 9.39. The van der Waals surface area contributed by atoms with Gasteiger partial charge in [0.25, 0.3) is 0 Å². The van der Waals surface area contributed by atoms with Gasteiger partial charge in [-0.1, -0.05) is 66.2 Å². The zero-order valence-corrected chi connectivity index (χ0v) is 16.8. The minimum absolute atomic E-state index is 0.0256. The first-order valence-corrected chi connectivity index (χ1v) is 10.7. The molecule has 0 aliphatic carbocycles. The lowest BCUT2D eigenvalue weighted by atomic mass is 10.1. The average Bonchev–Trinajstić information content (AvgIpc) is 2.62. The number of aryl methyl sites for hydroxylation is 3. The summed E-state index contributed by atoms with van der Waals surface area (Å²) in [6, 6.07) is 24.2. The fourth-order valence-electron chi connectivity index (χ4n) is 3.66. The van der Waals surface area contributed by atoms with E-state index in [4.69, 9.17) is 0 Å². The lowest BCUT2D eigenvalue weighted by molar-refractivity contribution is 0.568. The van der Waals surface area contributed by atoms with Gasteiger partial charge in [-0.15, -0.1) is 0 Å². The van der Waals surface area contributed by atoms with E-state index in [1.807, 2.05) is 48.5 Å². The van der Waals surface area contributed by atoms with Crippen molar-refractivity contribution in [3.8, 4) is 0 Å². The second kappa shape index (κ2) is 7.61. The number of rotatable bonds is 5. The van der Waals surface area contributed by atoms with Gasteiger partial charge in [0.1, 0.15) is 0 Å². The molecule has 0 heterocycles. The molecule has 26 heavy (non-hydrogen) atoms. The zero-order valence-electron chi connectivity index (χ0n) is 15.9. The van der Waals surface area contributed by atoms with Gasteiger partial charge < -0.3 is 0 Å². The summed E-state index contributed by atoms with van der Waals surface area (Å²) >= 11 is 0. The lowest BCUT2D eigenvalue weighted by Crippen LogP contribution is -2.32. The normalized spacial score (nSPS) is 14.6. The summed E-state index contributed by atoms with van der Waals surface area (Å²) in [6.07, 6.45) is 0. The van der Waals surface area contributed by atoms with Crippen molar-refractivity contribution in [2.75, 3.05) is 0 Å². The largest absolute Gasteiger partial charge is 0.296 e. The highest BCUT2D eigenvalue weighted by Gasteiger charge is 2.32. The molecule has 3 heteroatoms. The smallest absolute Gasteiger partial charge is 0.205 e. The van der Waals surface area contributed by atoms with Crippen LogP contribution in [0, 0.1) is 20.8 Å². The van der Waals surface area contributed by atoms with E-state index >= 15 is 0 Å². The van der Waals surface area contributed by atoms with Crippen molar-refractivity contribution in [3.05, 3.63) is 95.1 Å². The van der Waals surface area contributed by atoms with E-state index in [0.29, 0.717) is 0 Å². The molecular weight excluding hydrogens is 337 g/mol. The topological polar surface area (TPSA) is 29.1 Å². The zero-order chi connectivity index (χ0) is 18.7. The molecule has 0 aliphatic heterocycles. The molecule has 0 fully saturated rings. The van der Waals surface area contributed by atoms with Crippen LogP contribution in [0.1, 0.15) is 35.2 Å². The van der Waals surface area contributed by atoms with Crippen molar-refractivity contribution < 1.29 is 4.57 Å². The van der Waals surface area contributed by atoms with Gasteiger partial charge in [0.2, 0.25) is 7.29 Å². The number of nitrogens with one attached hydrogen (secondary N) is 1. The van der Waals surface area contributed by atoms with Crippen molar-refractivity contribution in [2.24, 2.45) is 0 Å². The third kappa shape index (κ3) is 3.67. The molecule has 3 rings (SSSR count). The van der Waals surface area contributed by atoms with E-state index in [0.717, 1.165) is 27.3 Å². The molecule has 0 radical (unpaired) electrons. The standard InChI is InChI=1S/C23H26NOP/c1-17-15-18(2)23(19(3)16-17)26(25,22-13-9-6-10-14-22)24-20(4)21-11-7-5-8-12-21/h5-16,20H,1-4H3,(H,24,25)/t20-,26+/m1/s1. The van der Waals surface area contributed by atoms with Crippen LogP contribution in [-0.2, 0) is 4.57 Å². The number of hydrogen-bond acceptors (Lipinski definition) is 1. The van der Waals surface area contributed by atoms with Crippen LogP contribution in [0.4, 0.5) is 0 Å². The fraction of sp³-hybridized carbons (Fsp3) is 0.217. The van der Waals surface area contributed by atoms with Crippen LogP contribution in [0.15, 0.2) is 72.8 Å². The van der Waals surface area contributed by atoms with Crippen molar-refractivity contribution in [1.82, 2.24) is 5.09 Å². The molecule has 0 bridgehead atoms. The van der Waals surface area contributed by atoms with Gasteiger partial charge in [0, 0.05) is 16.7 Å². The minimum atomic E-state index is -2.99. The highest BCUT2D eigenvalue weighted by atomic mass is 31.2. The maximum atomic E-state index is 14.4. The Hall–Kier alpha value is -2.15. The Bertz CT molecular complexity index is 912. The second-order valence-electron chi connectivity index (χ2n) is 6.95. The molecule has 3 aromatic rings. The highest BCUT2D eigenvalue weighted by molar-refractivity contribution is 7.77. The molecule has 2 atom stereocenters. The first-order valence-electron chi connectivity index (χ1n) is 8.98. The van der Waals surface area contributed by atoms with Crippen LogP contribution >= 0.6 is 7.29 Å². The molecule has 0 saturated heterocycles. The quantitative estimate of drug-likeness (QED) is 0.632. The fourth-order valence-corrected chi connectivity index (χ4v) is 6.61. The van der Waals surface area contributed by atoms with Crippen molar-refractivity contribution in [1.29, 1.82) is 0 Å². The summed E-state index contributed by atoms with van der Waals surface area (Å²) in [4.78, 5) is 0. The first-order chi connectivity index (χ1) is 12.4. The molecule has 0 spiro atoms. The molecule has 134 valence electrons. The molecular formula is C23H26NOP. The third-order valence-electron chi connectivity index (χ3n) is 4.75. The Labute approximate surface area is 156 Å². The Morgan fingerprint density at radius 3 is 1.85 bits per heavy atom. The van der Waals surface area contributed by atoms with E-state index in [2.05, 4.69) is 57.0 Å². The van der Waals surface area contributed by atoms with E-state index in [1.54, 1.807) is 0 Å². The van der Waals surface area contributed by atoms with Gasteiger partial charge in [0.15, 0.2) is 0 Å². The molecule has 3 aromatic carbocycles. The number of hydrogen-bond donors (Lipinski definition) is 1. The maximum Gasteiger partial charge on any atom is 0.205 e. The summed E-state index contributed by atoms with van der Waals surface area (Å²) in [5.41, 5.74) is 4.47. The average molecular weight is 363 g/mol. The predicted octanol–water partition coefficient (Wildman–Crippen LogP) is 5.19. The summed E-state index contributed by atoms with van der Waals surface area (Å²) < 4.78 is 14.4. The van der Waals surface area contributed by atoms with Crippen LogP contribution in [0.3, 0.4) is 0 Å². The highest BCUT2D eigenvalue weighted by Crippen LogP contribution is 2.43. The van der Waals surface area contributed by atoms with E-state index in [9.17, 15) is 4.57 Å². The van der Waals surface area contributed by atoms with Crippen LogP contribution in [-0.4, -0.2) is 0 Å². The van der Waals surface area contributed by atoms with Gasteiger partial charge in [0.05, 0.1) is 0 Å². The molecule has 0 unspecified atom stereocenters. The molecule has 1 N–H and O–H groups in total. The van der Waals surface area contributed by atoms with E-state index in [-0.39, 0.29) is 6.04 Å². The summed E-state index contributed by atoms with van der Waals surface area (Å²) in [5.74, 6) is 0. The molecule has 0 saturated carbocycles. The summed E-state index contributed by atoms with van der Waals surface area (Å²) in [6.45, 7) is 8.26. The van der Waals surface area contributed by atoms with Crippen LogP contribution in [0.25, 0.3) is 0 Å². The molecule has 0 amide bonds. The molecule has 0 aromatic heterocycles. The summed E-state index contributed by atoms with van der Waals surface area (Å²) in [7, 11) is -2.99. The Kier molecular flexibility index (Phi) is 5.46. The van der Waals surface area contributed by atoms with E-state index < -0.39 is 7.29 Å². The van der Waals surface area contributed by atoms with E-state index in [1.165, 1.54) is 5.56 Å². The van der Waals surface area contributed by atoms with Gasteiger partial charge >= 0.3 is 0 Å². The maximum absolute atomic E-state index is 14.4. The third-order valence-corrected chi connectivity index (χ3v) is 7.86. The number of benzene rings is 3. The van der Waals surface area contributed by atoms with Gasteiger partial charge in [-0.2, -0.15) is 0 Å². The predicted molar refractivity (Wildman–Crippen MR) is 112 cm³/mol. The Morgan fingerprint density at radius 2 is 1.31 bits per heavy atom. The Morgan fingerprint density at radius 1 is 0.808 bits per heavy atom. The van der Waals surface area contributed by atoms with Gasteiger partial charge in [-0.05, 0) is 56.5 Å². The van der Waals surface area contributed by atoms with Crippen molar-refractivity contribution in [2.45, 2.75) is 33.7 Å². The van der Waals surface area contributed by atoms with Crippen LogP contribution in [0.5, 0.6) is 0 Å². The molecule has 0 aliphatic rings. The first kappa shape index (κ1) is 18.6. The Balaban J connectivity index is 2.14. The minimum Gasteiger partial charge on any atom is -0.296 e. The van der Waals surface area contributed by atoms with Crippen molar-refractivity contribution >= 4 is 17.9 Å². The molecule has 2 nitrogen and oxygen atoms in total. The SMILES string of the molecule is Cc1cc(C)c([P@](=O)(N[C@H](C)c2ccccc2)c2ccccc2)c(C)c1.